The molecule has 0 bridgehead atoms. The topological polar surface area (TPSA) is 57.6 Å². The third kappa shape index (κ3) is 3.07. The van der Waals surface area contributed by atoms with Crippen LogP contribution in [0.25, 0.3) is 0 Å². The van der Waals surface area contributed by atoms with E-state index >= 15 is 0 Å². The number of aliphatic hydroxyl groups is 1. The fraction of sp³-hybridized carbons (Fsp3) is 0.217. The summed E-state index contributed by atoms with van der Waals surface area (Å²) in [5, 5.41) is 13.1. The molecular formula is C23H21NO3S. The largest absolute Gasteiger partial charge is 0.375 e. The third-order valence-electron chi connectivity index (χ3n) is 5.28. The molecule has 0 saturated heterocycles. The summed E-state index contributed by atoms with van der Waals surface area (Å²) in [7, 11) is 0. The number of thiophene rings is 1. The average Bonchev–Trinajstić information content (AvgIpc) is 3.27. The molecule has 1 aromatic heterocycles. The van der Waals surface area contributed by atoms with Crippen molar-refractivity contribution in [1.29, 1.82) is 0 Å². The zero-order chi connectivity index (χ0) is 19.9. The lowest BCUT2D eigenvalue weighted by Crippen LogP contribution is -2.41. The Morgan fingerprint density at radius 1 is 1.11 bits per heavy atom. The lowest BCUT2D eigenvalue weighted by molar-refractivity contribution is -0.136. The number of carbonyl (C=O) groups excluding carboxylic acids is 2. The van der Waals surface area contributed by atoms with E-state index in [1.54, 1.807) is 29.2 Å². The van der Waals surface area contributed by atoms with Crippen molar-refractivity contribution in [3.63, 3.8) is 0 Å². The van der Waals surface area contributed by atoms with E-state index in [2.05, 4.69) is 6.07 Å². The van der Waals surface area contributed by atoms with E-state index in [1.807, 2.05) is 43.5 Å². The molecule has 142 valence electrons. The van der Waals surface area contributed by atoms with Crippen molar-refractivity contribution >= 4 is 28.7 Å². The quantitative estimate of drug-likeness (QED) is 0.657. The molecule has 1 N–H and O–H groups in total. The highest BCUT2D eigenvalue weighted by atomic mass is 32.1. The number of carbonyl (C=O) groups is 2. The van der Waals surface area contributed by atoms with Gasteiger partial charge in [0.25, 0.3) is 5.91 Å². The zero-order valence-corrected chi connectivity index (χ0v) is 16.6. The van der Waals surface area contributed by atoms with Crippen molar-refractivity contribution in [3.05, 3.63) is 87.1 Å². The second kappa shape index (κ2) is 7.00. The molecule has 4 rings (SSSR count). The monoisotopic (exact) mass is 391 g/mol. The van der Waals surface area contributed by atoms with Crippen molar-refractivity contribution in [2.75, 3.05) is 4.90 Å². The van der Waals surface area contributed by atoms with Gasteiger partial charge in [0.05, 0.1) is 23.5 Å². The molecule has 1 amide bonds. The number of ketones is 1. The van der Waals surface area contributed by atoms with Crippen LogP contribution in [0.15, 0.2) is 60.0 Å². The van der Waals surface area contributed by atoms with Crippen molar-refractivity contribution in [3.8, 4) is 0 Å². The molecule has 0 aliphatic carbocycles. The number of amides is 1. The van der Waals surface area contributed by atoms with Gasteiger partial charge >= 0.3 is 0 Å². The van der Waals surface area contributed by atoms with Gasteiger partial charge in [-0.3, -0.25) is 9.59 Å². The standard InChI is InChI=1S/C23H21NO3S/c1-15-9-10-17(16(2)12-15)14-24-19-7-4-3-6-18(19)23(27,22(24)26)13-20(25)21-8-5-11-28-21/h3-12,27H,13-14H2,1-2H3/t23-/m1/s1. The Morgan fingerprint density at radius 2 is 1.89 bits per heavy atom. The summed E-state index contributed by atoms with van der Waals surface area (Å²) in [6.45, 7) is 4.40. The Hall–Kier alpha value is -2.76. The number of Topliss-reactive ketones (excluding diaryl/α,β-unsaturated/α-hetero) is 1. The maximum absolute atomic E-state index is 13.3. The van der Waals surface area contributed by atoms with Crippen LogP contribution < -0.4 is 4.90 Å². The number of hydrogen-bond donors (Lipinski definition) is 1. The van der Waals surface area contributed by atoms with Gasteiger partial charge in [-0.05, 0) is 42.5 Å². The van der Waals surface area contributed by atoms with Crippen LogP contribution in [0.2, 0.25) is 0 Å². The molecule has 1 atom stereocenters. The molecule has 28 heavy (non-hydrogen) atoms. The molecule has 0 fully saturated rings. The number of fused-ring (bicyclic) bond motifs is 1. The van der Waals surface area contributed by atoms with Gasteiger partial charge in [-0.25, -0.2) is 0 Å². The SMILES string of the molecule is Cc1ccc(CN2C(=O)[C@@](O)(CC(=O)c3cccs3)c3ccccc32)c(C)c1. The highest BCUT2D eigenvalue weighted by Crippen LogP contribution is 2.43. The Labute approximate surface area is 168 Å². The molecular weight excluding hydrogens is 370 g/mol. The van der Waals surface area contributed by atoms with E-state index in [0.29, 0.717) is 22.7 Å². The first kappa shape index (κ1) is 18.6. The molecule has 0 unspecified atom stereocenters. The van der Waals surface area contributed by atoms with Crippen molar-refractivity contribution in [2.24, 2.45) is 0 Å². The normalized spacial score (nSPS) is 18.4. The number of anilines is 1. The lowest BCUT2D eigenvalue weighted by atomic mass is 9.89. The van der Waals surface area contributed by atoms with Crippen LogP contribution in [0.4, 0.5) is 5.69 Å². The average molecular weight is 391 g/mol. The van der Waals surface area contributed by atoms with Crippen LogP contribution in [-0.2, 0) is 16.9 Å². The van der Waals surface area contributed by atoms with Gasteiger partial charge in [0, 0.05) is 5.56 Å². The van der Waals surface area contributed by atoms with Gasteiger partial charge in [-0.15, -0.1) is 11.3 Å². The highest BCUT2D eigenvalue weighted by molar-refractivity contribution is 7.12. The van der Waals surface area contributed by atoms with Crippen molar-refractivity contribution in [1.82, 2.24) is 0 Å². The maximum atomic E-state index is 13.3. The van der Waals surface area contributed by atoms with E-state index < -0.39 is 11.5 Å². The smallest absolute Gasteiger partial charge is 0.264 e. The van der Waals surface area contributed by atoms with Crippen molar-refractivity contribution < 1.29 is 14.7 Å². The number of nitrogens with zero attached hydrogens (tertiary/aromatic N) is 1. The fourth-order valence-corrected chi connectivity index (χ4v) is 4.45. The summed E-state index contributed by atoms with van der Waals surface area (Å²) in [6, 6.07) is 16.8. The highest BCUT2D eigenvalue weighted by Gasteiger charge is 2.50. The van der Waals surface area contributed by atoms with Crippen LogP contribution in [0, 0.1) is 13.8 Å². The van der Waals surface area contributed by atoms with E-state index in [4.69, 9.17) is 0 Å². The minimum atomic E-state index is -1.84. The van der Waals surface area contributed by atoms with Gasteiger partial charge in [0.1, 0.15) is 0 Å². The second-order valence-electron chi connectivity index (χ2n) is 7.28. The first-order valence-corrected chi connectivity index (χ1v) is 10.0. The number of aryl methyl sites for hydroxylation is 2. The molecule has 2 aromatic carbocycles. The Morgan fingerprint density at radius 3 is 2.61 bits per heavy atom. The molecule has 4 nitrogen and oxygen atoms in total. The fourth-order valence-electron chi connectivity index (χ4n) is 3.78. The van der Waals surface area contributed by atoms with Crippen LogP contribution in [-0.4, -0.2) is 16.8 Å². The number of rotatable bonds is 5. The van der Waals surface area contributed by atoms with Crippen LogP contribution in [0.5, 0.6) is 0 Å². The van der Waals surface area contributed by atoms with Gasteiger partial charge < -0.3 is 10.0 Å². The molecule has 3 aromatic rings. The Balaban J connectivity index is 1.70. The van der Waals surface area contributed by atoms with E-state index in [9.17, 15) is 14.7 Å². The number of para-hydroxylation sites is 1. The predicted molar refractivity (Wildman–Crippen MR) is 111 cm³/mol. The van der Waals surface area contributed by atoms with E-state index in [-0.39, 0.29) is 12.2 Å². The Bertz CT molecular complexity index is 1060. The summed E-state index contributed by atoms with van der Waals surface area (Å²) >= 11 is 1.32. The summed E-state index contributed by atoms with van der Waals surface area (Å²) < 4.78 is 0. The van der Waals surface area contributed by atoms with Crippen LogP contribution in [0.1, 0.15) is 38.3 Å². The van der Waals surface area contributed by atoms with Crippen molar-refractivity contribution in [2.45, 2.75) is 32.4 Å². The number of benzene rings is 2. The number of hydrogen-bond acceptors (Lipinski definition) is 4. The summed E-state index contributed by atoms with van der Waals surface area (Å²) in [6.07, 6.45) is -0.257. The summed E-state index contributed by atoms with van der Waals surface area (Å²) in [5.74, 6) is -0.674. The van der Waals surface area contributed by atoms with Crippen LogP contribution >= 0.6 is 11.3 Å². The predicted octanol–water partition coefficient (Wildman–Crippen LogP) is 4.37. The minimum absolute atomic E-state index is 0.228. The molecule has 0 saturated carbocycles. The van der Waals surface area contributed by atoms with Crippen LogP contribution in [0.3, 0.4) is 0 Å². The van der Waals surface area contributed by atoms with Gasteiger partial charge in [-0.2, -0.15) is 0 Å². The van der Waals surface area contributed by atoms with E-state index in [1.165, 1.54) is 11.3 Å². The van der Waals surface area contributed by atoms with E-state index in [0.717, 1.165) is 16.7 Å². The second-order valence-corrected chi connectivity index (χ2v) is 8.22. The maximum Gasteiger partial charge on any atom is 0.264 e. The summed E-state index contributed by atoms with van der Waals surface area (Å²) in [4.78, 5) is 28.1. The zero-order valence-electron chi connectivity index (χ0n) is 15.8. The minimum Gasteiger partial charge on any atom is -0.375 e. The third-order valence-corrected chi connectivity index (χ3v) is 6.19. The molecule has 5 heteroatoms. The van der Waals surface area contributed by atoms with Gasteiger partial charge in [0.15, 0.2) is 11.4 Å². The molecule has 0 spiro atoms. The Kier molecular flexibility index (Phi) is 4.65. The summed E-state index contributed by atoms with van der Waals surface area (Å²) in [5.41, 5.74) is 2.59. The molecule has 2 heterocycles. The first-order chi connectivity index (χ1) is 13.4. The molecule has 0 radical (unpaired) electrons. The first-order valence-electron chi connectivity index (χ1n) is 9.17. The van der Waals surface area contributed by atoms with Gasteiger partial charge in [-0.1, -0.05) is 48.0 Å². The lowest BCUT2D eigenvalue weighted by Gasteiger charge is -2.23. The van der Waals surface area contributed by atoms with Gasteiger partial charge in [0.2, 0.25) is 0 Å². The molecule has 1 aliphatic rings. The molecule has 1 aliphatic heterocycles.